The maximum Gasteiger partial charge on any atom is 0.434 e. The van der Waals surface area contributed by atoms with Gasteiger partial charge >= 0.3 is 5.76 Å². The number of benzene rings is 2. The van der Waals surface area contributed by atoms with Crippen molar-refractivity contribution in [1.29, 1.82) is 0 Å². The fourth-order valence-electron chi connectivity index (χ4n) is 4.09. The van der Waals surface area contributed by atoms with E-state index >= 15 is 0 Å². The molecule has 2 heterocycles. The number of likely N-dealkylation sites (tertiary alicyclic amines) is 1. The van der Waals surface area contributed by atoms with E-state index in [4.69, 9.17) is 16.0 Å². The van der Waals surface area contributed by atoms with Crippen molar-refractivity contribution in [3.63, 3.8) is 0 Å². The average molecular weight is 523 g/mol. The molecule has 0 aliphatic carbocycles. The molecule has 0 unspecified atom stereocenters. The topological polar surface area (TPSA) is 125 Å². The zero-order chi connectivity index (χ0) is 25.5. The fourth-order valence-corrected chi connectivity index (χ4v) is 5.72. The molecule has 1 aliphatic heterocycles. The SMILES string of the molecule is Cc1ccc(F)c([C@@H](C)[C@H](NS(=O)(=O)c2ccc(Cl)cc2C(=O)N2CCC2)c2n[nH]c(=O)o2)c1C. The number of nitrogens with one attached hydrogen (secondary N) is 2. The van der Waals surface area contributed by atoms with Gasteiger partial charge in [-0.05, 0) is 61.2 Å². The van der Waals surface area contributed by atoms with Crippen LogP contribution >= 0.6 is 11.6 Å². The van der Waals surface area contributed by atoms with Gasteiger partial charge in [0.25, 0.3) is 5.91 Å². The molecule has 3 aromatic rings. The molecular formula is C23H24ClFN4O5S. The smallest absolute Gasteiger partial charge is 0.391 e. The lowest BCUT2D eigenvalue weighted by atomic mass is 9.88. The molecule has 9 nitrogen and oxygen atoms in total. The summed E-state index contributed by atoms with van der Waals surface area (Å²) in [5.41, 5.74) is 1.59. The highest BCUT2D eigenvalue weighted by atomic mass is 35.5. The number of carbonyl (C=O) groups is 1. The van der Waals surface area contributed by atoms with Crippen LogP contribution in [0.25, 0.3) is 0 Å². The summed E-state index contributed by atoms with van der Waals surface area (Å²) in [6.45, 7) is 6.16. The Bertz CT molecular complexity index is 1450. The molecule has 4 rings (SSSR count). The van der Waals surface area contributed by atoms with E-state index in [0.717, 1.165) is 12.0 Å². The minimum atomic E-state index is -4.39. The van der Waals surface area contributed by atoms with Crippen LogP contribution in [-0.2, 0) is 10.0 Å². The summed E-state index contributed by atoms with van der Waals surface area (Å²) in [6.07, 6.45) is 0.825. The number of amides is 1. The van der Waals surface area contributed by atoms with E-state index < -0.39 is 39.5 Å². The number of hydrogen-bond acceptors (Lipinski definition) is 6. The van der Waals surface area contributed by atoms with Gasteiger partial charge in [-0.15, -0.1) is 5.10 Å². The third-order valence-corrected chi connectivity index (χ3v) is 8.03. The molecular weight excluding hydrogens is 499 g/mol. The number of carbonyl (C=O) groups excluding carboxylic acids is 1. The van der Waals surface area contributed by atoms with Crippen LogP contribution in [0.5, 0.6) is 0 Å². The Morgan fingerprint density at radius 2 is 1.97 bits per heavy atom. The van der Waals surface area contributed by atoms with Gasteiger partial charge in [-0.3, -0.25) is 4.79 Å². The van der Waals surface area contributed by atoms with E-state index in [2.05, 4.69) is 14.9 Å². The van der Waals surface area contributed by atoms with Crippen molar-refractivity contribution in [3.8, 4) is 0 Å². The molecule has 1 aliphatic rings. The minimum Gasteiger partial charge on any atom is -0.391 e. The first-order valence-electron chi connectivity index (χ1n) is 10.9. The van der Waals surface area contributed by atoms with Crippen LogP contribution in [0.3, 0.4) is 0 Å². The van der Waals surface area contributed by atoms with E-state index in [-0.39, 0.29) is 26.9 Å². The molecule has 0 saturated carbocycles. The normalized spacial score (nSPS) is 15.5. The highest BCUT2D eigenvalue weighted by Crippen LogP contribution is 2.36. The number of hydrogen-bond donors (Lipinski definition) is 2. The Morgan fingerprint density at radius 3 is 2.57 bits per heavy atom. The van der Waals surface area contributed by atoms with Crippen molar-refractivity contribution in [2.24, 2.45) is 0 Å². The van der Waals surface area contributed by atoms with Crippen LogP contribution < -0.4 is 10.5 Å². The lowest BCUT2D eigenvalue weighted by molar-refractivity contribution is 0.0647. The van der Waals surface area contributed by atoms with Gasteiger partial charge in [-0.1, -0.05) is 24.6 Å². The van der Waals surface area contributed by atoms with Gasteiger partial charge in [-0.2, -0.15) is 4.72 Å². The Morgan fingerprint density at radius 1 is 1.26 bits per heavy atom. The standard InChI is InChI=1S/C23H24ClFN4O5S/c1-12-5-7-17(25)19(13(12)2)14(3)20(21-26-27-23(31)34-21)28-35(32,33)18-8-6-15(24)11-16(18)22(30)29-9-4-10-29/h5-8,11,14,20,28H,4,9-10H2,1-3H3,(H,27,31)/t14-,20+/m1/s1. The van der Waals surface area contributed by atoms with Gasteiger partial charge in [0.1, 0.15) is 11.9 Å². The lowest BCUT2D eigenvalue weighted by Crippen LogP contribution is -2.43. The first-order valence-corrected chi connectivity index (χ1v) is 12.8. The van der Waals surface area contributed by atoms with Gasteiger partial charge in [-0.25, -0.2) is 22.7 Å². The van der Waals surface area contributed by atoms with Crippen molar-refractivity contribution in [1.82, 2.24) is 19.8 Å². The molecule has 1 aromatic heterocycles. The van der Waals surface area contributed by atoms with Gasteiger partial charge in [0, 0.05) is 24.0 Å². The molecule has 2 aromatic carbocycles. The molecule has 1 amide bonds. The number of rotatable bonds is 7. The summed E-state index contributed by atoms with van der Waals surface area (Å²) >= 11 is 6.07. The second-order valence-electron chi connectivity index (χ2n) is 8.53. The second-order valence-corrected chi connectivity index (χ2v) is 10.6. The number of aromatic nitrogens is 2. The molecule has 1 fully saturated rings. The largest absolute Gasteiger partial charge is 0.434 e. The highest BCUT2D eigenvalue weighted by molar-refractivity contribution is 7.89. The molecule has 0 spiro atoms. The van der Waals surface area contributed by atoms with Crippen LogP contribution in [0.15, 0.2) is 44.4 Å². The highest BCUT2D eigenvalue weighted by Gasteiger charge is 2.35. The van der Waals surface area contributed by atoms with Crippen molar-refractivity contribution in [2.45, 2.75) is 44.0 Å². The van der Waals surface area contributed by atoms with Crippen LogP contribution in [0.4, 0.5) is 4.39 Å². The first-order chi connectivity index (χ1) is 16.5. The molecule has 12 heteroatoms. The maximum atomic E-state index is 14.9. The second kappa shape index (κ2) is 9.56. The van der Waals surface area contributed by atoms with Crippen LogP contribution in [0.2, 0.25) is 5.02 Å². The van der Waals surface area contributed by atoms with Crippen molar-refractivity contribution in [2.75, 3.05) is 13.1 Å². The summed E-state index contributed by atoms with van der Waals surface area (Å²) in [7, 11) is -4.39. The fraction of sp³-hybridized carbons (Fsp3) is 0.348. The van der Waals surface area contributed by atoms with Crippen LogP contribution in [-0.4, -0.2) is 42.5 Å². The van der Waals surface area contributed by atoms with E-state index in [9.17, 15) is 22.4 Å². The van der Waals surface area contributed by atoms with Crippen LogP contribution in [0.1, 0.15) is 58.2 Å². The summed E-state index contributed by atoms with van der Waals surface area (Å²) < 4.78 is 49.6. The number of aromatic amines is 1. The Balaban J connectivity index is 1.79. The van der Waals surface area contributed by atoms with Gasteiger partial charge in [0.15, 0.2) is 0 Å². The molecule has 0 radical (unpaired) electrons. The van der Waals surface area contributed by atoms with Crippen LogP contribution in [0, 0.1) is 19.7 Å². The van der Waals surface area contributed by atoms with Gasteiger partial charge < -0.3 is 9.32 Å². The monoisotopic (exact) mass is 522 g/mol. The third-order valence-electron chi connectivity index (χ3n) is 6.30. The maximum absolute atomic E-state index is 14.9. The quantitative estimate of drug-likeness (QED) is 0.489. The molecule has 1 saturated heterocycles. The summed E-state index contributed by atoms with van der Waals surface area (Å²) in [4.78, 5) is 25.8. The Hall–Kier alpha value is -3.02. The zero-order valence-corrected chi connectivity index (χ0v) is 20.8. The lowest BCUT2D eigenvalue weighted by Gasteiger charge is -2.31. The minimum absolute atomic E-state index is 0.0856. The molecule has 2 atom stereocenters. The van der Waals surface area contributed by atoms with Crippen molar-refractivity contribution in [3.05, 3.63) is 79.9 Å². The molecule has 2 N–H and O–H groups in total. The number of aryl methyl sites for hydroxylation is 1. The van der Waals surface area contributed by atoms with E-state index in [1.54, 1.807) is 26.8 Å². The average Bonchev–Trinajstić information content (AvgIpc) is 3.19. The number of sulfonamides is 1. The Labute approximate surface area is 206 Å². The van der Waals surface area contributed by atoms with Gasteiger partial charge in [0.05, 0.1) is 10.5 Å². The summed E-state index contributed by atoms with van der Waals surface area (Å²) in [5.74, 6) is -3.00. The molecule has 0 bridgehead atoms. The molecule has 186 valence electrons. The summed E-state index contributed by atoms with van der Waals surface area (Å²) in [6, 6.07) is 5.55. The number of nitrogens with zero attached hydrogens (tertiary/aromatic N) is 2. The van der Waals surface area contributed by atoms with E-state index in [1.165, 1.54) is 29.2 Å². The van der Waals surface area contributed by atoms with Crippen molar-refractivity contribution < 1.29 is 22.0 Å². The first kappa shape index (κ1) is 25.1. The third kappa shape index (κ3) is 4.89. The van der Waals surface area contributed by atoms with E-state index in [0.29, 0.717) is 18.7 Å². The molecule has 35 heavy (non-hydrogen) atoms. The van der Waals surface area contributed by atoms with E-state index in [1.807, 2.05) is 0 Å². The predicted molar refractivity (Wildman–Crippen MR) is 126 cm³/mol. The summed E-state index contributed by atoms with van der Waals surface area (Å²) in [5, 5.41) is 6.11. The Kier molecular flexibility index (Phi) is 6.85. The number of H-pyrrole nitrogens is 1. The van der Waals surface area contributed by atoms with Gasteiger partial charge in [0.2, 0.25) is 15.9 Å². The predicted octanol–water partition coefficient (Wildman–Crippen LogP) is 3.44. The van der Waals surface area contributed by atoms with Crippen molar-refractivity contribution >= 4 is 27.5 Å². The number of halogens is 2. The zero-order valence-electron chi connectivity index (χ0n) is 19.3.